The van der Waals surface area contributed by atoms with E-state index in [2.05, 4.69) is 48.5 Å². The van der Waals surface area contributed by atoms with Gasteiger partial charge < -0.3 is 9.84 Å². The summed E-state index contributed by atoms with van der Waals surface area (Å²) in [5, 5.41) is 10.4. The number of epoxide rings is 1. The van der Waals surface area contributed by atoms with Gasteiger partial charge in [-0.05, 0) is 110 Å². The third kappa shape index (κ3) is 2.66. The van der Waals surface area contributed by atoms with Gasteiger partial charge in [0.15, 0.2) is 0 Å². The molecule has 0 bridgehead atoms. The van der Waals surface area contributed by atoms with E-state index in [9.17, 15) is 5.11 Å². The molecular formula is C30H50O2. The van der Waals surface area contributed by atoms with Crippen LogP contribution >= 0.6 is 0 Å². The van der Waals surface area contributed by atoms with Gasteiger partial charge in [0.25, 0.3) is 0 Å². The smallest absolute Gasteiger partial charge is 0.103 e. The zero-order valence-electron chi connectivity index (χ0n) is 22.0. The van der Waals surface area contributed by atoms with E-state index in [0.717, 1.165) is 60.2 Å². The first-order chi connectivity index (χ1) is 15.0. The van der Waals surface area contributed by atoms with Crippen LogP contribution < -0.4 is 0 Å². The number of hydrogen-bond donors (Lipinski definition) is 1. The van der Waals surface area contributed by atoms with Crippen LogP contribution in [-0.4, -0.2) is 22.9 Å². The summed E-state index contributed by atoms with van der Waals surface area (Å²) in [5.74, 6) is 7.00. The molecule has 1 saturated heterocycles. The van der Waals surface area contributed by atoms with Crippen LogP contribution in [0.15, 0.2) is 0 Å². The summed E-state index contributed by atoms with van der Waals surface area (Å²) < 4.78 is 6.55. The molecule has 6 aliphatic rings. The minimum Gasteiger partial charge on any atom is -0.393 e. The standard InChI is InChI=1S/C30H50O2/c1-17(2)19(4)28(6)16-25(28)18(3)22-8-9-23-21-14-26-30(32-26)15-20(31)10-13-29(30,7)24(21)11-12-27(22,23)5/h17-26,31H,8-16H2,1-7H3. The molecule has 182 valence electrons. The molecule has 0 aromatic rings. The molecule has 2 nitrogen and oxygen atoms in total. The van der Waals surface area contributed by atoms with Crippen molar-refractivity contribution in [2.75, 3.05) is 0 Å². The second kappa shape index (κ2) is 6.77. The first kappa shape index (κ1) is 22.4. The zero-order valence-corrected chi connectivity index (χ0v) is 22.0. The predicted octanol–water partition coefficient (Wildman–Crippen LogP) is 7.09. The second-order valence-corrected chi connectivity index (χ2v) is 14.9. The molecule has 0 aromatic heterocycles. The SMILES string of the molecule is CC(C)C(C)C1(C)CC1C(C)C1CCC2C3CC4OC45CC(O)CCC5(C)C3CCC12C. The summed E-state index contributed by atoms with van der Waals surface area (Å²) in [6.07, 6.45) is 12.0. The van der Waals surface area contributed by atoms with E-state index < -0.39 is 0 Å². The average molecular weight is 443 g/mol. The van der Waals surface area contributed by atoms with Gasteiger partial charge in [-0.2, -0.15) is 0 Å². The monoisotopic (exact) mass is 442 g/mol. The van der Waals surface area contributed by atoms with E-state index in [1.54, 1.807) is 0 Å². The van der Waals surface area contributed by atoms with E-state index in [1.165, 1.54) is 44.9 Å². The zero-order chi connectivity index (χ0) is 22.8. The highest BCUT2D eigenvalue weighted by Crippen LogP contribution is 2.75. The molecule has 1 spiro atoms. The molecular weight excluding hydrogens is 392 g/mol. The molecule has 5 saturated carbocycles. The Kier molecular flexibility index (Phi) is 4.74. The lowest BCUT2D eigenvalue weighted by atomic mass is 9.44. The Bertz CT molecular complexity index is 777. The summed E-state index contributed by atoms with van der Waals surface area (Å²) in [5.41, 5.74) is 1.48. The van der Waals surface area contributed by atoms with Gasteiger partial charge in [-0.1, -0.05) is 48.5 Å². The largest absolute Gasteiger partial charge is 0.393 e. The van der Waals surface area contributed by atoms with Gasteiger partial charge in [-0.25, -0.2) is 0 Å². The van der Waals surface area contributed by atoms with Crippen molar-refractivity contribution in [2.45, 2.75) is 124 Å². The van der Waals surface area contributed by atoms with E-state index in [0.29, 0.717) is 22.3 Å². The third-order valence-corrected chi connectivity index (χ3v) is 13.8. The summed E-state index contributed by atoms with van der Waals surface area (Å²) in [6.45, 7) is 17.9. The van der Waals surface area contributed by atoms with E-state index in [-0.39, 0.29) is 11.7 Å². The number of aliphatic hydroxyl groups excluding tert-OH is 1. The van der Waals surface area contributed by atoms with Crippen LogP contribution in [0.1, 0.15) is 106 Å². The van der Waals surface area contributed by atoms with Gasteiger partial charge in [-0.3, -0.25) is 0 Å². The molecule has 6 rings (SSSR count). The highest BCUT2D eigenvalue weighted by Gasteiger charge is 2.76. The van der Waals surface area contributed by atoms with Gasteiger partial charge in [0.05, 0.1) is 12.2 Å². The fourth-order valence-electron chi connectivity index (χ4n) is 11.3. The second-order valence-electron chi connectivity index (χ2n) is 14.9. The minimum atomic E-state index is -0.128. The van der Waals surface area contributed by atoms with Crippen LogP contribution in [-0.2, 0) is 4.74 Å². The lowest BCUT2D eigenvalue weighted by molar-refractivity contribution is -0.117. The van der Waals surface area contributed by atoms with Gasteiger partial charge in [-0.15, -0.1) is 0 Å². The summed E-state index contributed by atoms with van der Waals surface area (Å²) >= 11 is 0. The fourth-order valence-corrected chi connectivity index (χ4v) is 11.3. The molecule has 0 aromatic carbocycles. The molecule has 5 aliphatic carbocycles. The normalized spacial score (nSPS) is 60.1. The highest BCUT2D eigenvalue weighted by molar-refractivity contribution is 5.24. The number of rotatable bonds is 4. The Hall–Kier alpha value is -0.0800. The quantitative estimate of drug-likeness (QED) is 0.471. The number of ether oxygens (including phenoxy) is 1. The first-order valence-corrected chi connectivity index (χ1v) is 14.3. The van der Waals surface area contributed by atoms with Crippen molar-refractivity contribution in [3.63, 3.8) is 0 Å². The van der Waals surface area contributed by atoms with Gasteiger partial charge in [0.1, 0.15) is 5.60 Å². The Balaban J connectivity index is 1.23. The third-order valence-electron chi connectivity index (χ3n) is 13.8. The molecule has 0 radical (unpaired) electrons. The van der Waals surface area contributed by atoms with Crippen LogP contribution in [0.25, 0.3) is 0 Å². The van der Waals surface area contributed by atoms with Crippen LogP contribution in [0.4, 0.5) is 0 Å². The maximum absolute atomic E-state index is 10.4. The Morgan fingerprint density at radius 3 is 2.31 bits per heavy atom. The lowest BCUT2D eigenvalue weighted by Gasteiger charge is -2.59. The minimum absolute atomic E-state index is 0.0354. The predicted molar refractivity (Wildman–Crippen MR) is 130 cm³/mol. The molecule has 1 heterocycles. The molecule has 2 heteroatoms. The van der Waals surface area contributed by atoms with Crippen LogP contribution in [0.2, 0.25) is 0 Å². The number of hydrogen-bond acceptors (Lipinski definition) is 2. The van der Waals surface area contributed by atoms with E-state index in [1.807, 2.05) is 0 Å². The highest BCUT2D eigenvalue weighted by atomic mass is 16.6. The molecule has 6 fully saturated rings. The molecule has 32 heavy (non-hydrogen) atoms. The van der Waals surface area contributed by atoms with Crippen molar-refractivity contribution < 1.29 is 9.84 Å². The van der Waals surface area contributed by atoms with Crippen molar-refractivity contribution >= 4 is 0 Å². The number of aliphatic hydroxyl groups is 1. The van der Waals surface area contributed by atoms with Crippen molar-refractivity contribution in [1.29, 1.82) is 0 Å². The molecule has 0 amide bonds. The van der Waals surface area contributed by atoms with Gasteiger partial charge in [0, 0.05) is 11.8 Å². The topological polar surface area (TPSA) is 32.8 Å². The average Bonchev–Trinajstić information content (AvgIpc) is 3.58. The molecule has 1 N–H and O–H groups in total. The summed E-state index contributed by atoms with van der Waals surface area (Å²) in [4.78, 5) is 0. The Labute approximate surface area is 197 Å². The van der Waals surface area contributed by atoms with E-state index in [4.69, 9.17) is 4.74 Å². The summed E-state index contributed by atoms with van der Waals surface area (Å²) in [7, 11) is 0. The van der Waals surface area contributed by atoms with Crippen molar-refractivity contribution in [2.24, 2.45) is 63.6 Å². The fraction of sp³-hybridized carbons (Fsp3) is 1.00. The number of fused-ring (bicyclic) bond motifs is 4. The molecule has 13 unspecified atom stereocenters. The molecule has 1 aliphatic heterocycles. The molecule has 13 atom stereocenters. The van der Waals surface area contributed by atoms with Crippen molar-refractivity contribution in [3.8, 4) is 0 Å². The summed E-state index contributed by atoms with van der Waals surface area (Å²) in [6, 6.07) is 0. The van der Waals surface area contributed by atoms with Crippen LogP contribution in [0.5, 0.6) is 0 Å². The Morgan fingerprint density at radius 2 is 1.59 bits per heavy atom. The van der Waals surface area contributed by atoms with Crippen LogP contribution in [0, 0.1) is 63.6 Å². The van der Waals surface area contributed by atoms with Crippen molar-refractivity contribution in [3.05, 3.63) is 0 Å². The maximum Gasteiger partial charge on any atom is 0.103 e. The van der Waals surface area contributed by atoms with Gasteiger partial charge >= 0.3 is 0 Å². The van der Waals surface area contributed by atoms with Crippen LogP contribution in [0.3, 0.4) is 0 Å². The lowest BCUT2D eigenvalue weighted by Crippen LogP contribution is -2.58. The maximum atomic E-state index is 10.4. The van der Waals surface area contributed by atoms with Gasteiger partial charge in [0.2, 0.25) is 0 Å². The first-order valence-electron chi connectivity index (χ1n) is 14.3. The van der Waals surface area contributed by atoms with Crippen molar-refractivity contribution in [1.82, 2.24) is 0 Å². The Morgan fingerprint density at radius 1 is 0.844 bits per heavy atom. The van der Waals surface area contributed by atoms with E-state index >= 15 is 0 Å².